The van der Waals surface area contributed by atoms with Crippen molar-refractivity contribution in [1.29, 1.82) is 0 Å². The predicted octanol–water partition coefficient (Wildman–Crippen LogP) is 0.993. The third-order valence-electron chi connectivity index (χ3n) is 2.58. The average molecular weight is 268 g/mol. The number of nitrogen functional groups attached to an aromatic ring is 1. The molecule has 3 aromatic rings. The Hall–Kier alpha value is -3.03. The van der Waals surface area contributed by atoms with Crippen molar-refractivity contribution in [3.8, 4) is 11.3 Å². The van der Waals surface area contributed by atoms with Crippen LogP contribution in [0.15, 0.2) is 37.1 Å². The van der Waals surface area contributed by atoms with Crippen LogP contribution in [0.5, 0.6) is 0 Å². The van der Waals surface area contributed by atoms with Crippen LogP contribution in [0.25, 0.3) is 11.3 Å². The molecule has 0 atom stereocenters. The molecule has 3 N–H and O–H groups in total. The smallest absolute Gasteiger partial charge is 0.227 e. The Kier molecular flexibility index (Phi) is 2.96. The van der Waals surface area contributed by atoms with Gasteiger partial charge in [0.1, 0.15) is 0 Å². The van der Waals surface area contributed by atoms with E-state index >= 15 is 0 Å². The molecule has 0 aliphatic heterocycles. The first-order valence-electron chi connectivity index (χ1n) is 5.87. The zero-order chi connectivity index (χ0) is 13.9. The minimum Gasteiger partial charge on any atom is -0.368 e. The summed E-state index contributed by atoms with van der Waals surface area (Å²) in [6.45, 7) is 0. The van der Waals surface area contributed by atoms with Gasteiger partial charge >= 0.3 is 0 Å². The molecule has 3 aromatic heterocycles. The molecule has 8 nitrogen and oxygen atoms in total. The largest absolute Gasteiger partial charge is 0.368 e. The summed E-state index contributed by atoms with van der Waals surface area (Å²) in [5, 5.41) is 7.14. The van der Waals surface area contributed by atoms with Gasteiger partial charge in [0.15, 0.2) is 0 Å². The molecule has 0 aromatic carbocycles. The molecule has 0 radical (unpaired) electrons. The Bertz CT molecular complexity index is 718. The molecule has 0 aliphatic rings. The highest BCUT2D eigenvalue weighted by Crippen LogP contribution is 2.17. The van der Waals surface area contributed by atoms with Crippen molar-refractivity contribution in [2.45, 2.75) is 0 Å². The van der Waals surface area contributed by atoms with Gasteiger partial charge in [0.05, 0.1) is 17.6 Å². The van der Waals surface area contributed by atoms with E-state index < -0.39 is 0 Å². The van der Waals surface area contributed by atoms with Crippen LogP contribution < -0.4 is 11.1 Å². The van der Waals surface area contributed by atoms with Gasteiger partial charge in [-0.15, -0.1) is 0 Å². The first kappa shape index (κ1) is 12.0. The van der Waals surface area contributed by atoms with Crippen LogP contribution in [0, 0.1) is 0 Å². The first-order valence-corrected chi connectivity index (χ1v) is 5.87. The quantitative estimate of drug-likeness (QED) is 0.729. The van der Waals surface area contributed by atoms with Crippen molar-refractivity contribution in [2.75, 3.05) is 11.1 Å². The zero-order valence-electron chi connectivity index (χ0n) is 10.7. The van der Waals surface area contributed by atoms with E-state index in [2.05, 4.69) is 30.4 Å². The van der Waals surface area contributed by atoms with Crippen LogP contribution in [0.2, 0.25) is 0 Å². The normalized spacial score (nSPS) is 10.4. The lowest BCUT2D eigenvalue weighted by atomic mass is 10.2. The van der Waals surface area contributed by atoms with Gasteiger partial charge in [0, 0.05) is 37.4 Å². The standard InChI is InChI=1S/C12H12N8/c1-20-7-9(6-17-20)18-12-14-3-2-10(19-12)8-4-15-11(13)16-5-8/h2-7H,1H3,(H2,13,15,16)(H,14,18,19). The molecule has 0 bridgehead atoms. The van der Waals surface area contributed by atoms with Crippen LogP contribution in [0.3, 0.4) is 0 Å². The number of aryl methyl sites for hydroxylation is 1. The topological polar surface area (TPSA) is 107 Å². The van der Waals surface area contributed by atoms with E-state index in [-0.39, 0.29) is 5.95 Å². The molecule has 100 valence electrons. The molecule has 0 aliphatic carbocycles. The summed E-state index contributed by atoms with van der Waals surface area (Å²) in [7, 11) is 1.84. The average Bonchev–Trinajstić information content (AvgIpc) is 2.85. The number of nitrogens with two attached hydrogens (primary N) is 1. The Morgan fingerprint density at radius 1 is 1.15 bits per heavy atom. The number of hydrogen-bond donors (Lipinski definition) is 2. The third-order valence-corrected chi connectivity index (χ3v) is 2.58. The van der Waals surface area contributed by atoms with Crippen LogP contribution >= 0.6 is 0 Å². The van der Waals surface area contributed by atoms with Crippen molar-refractivity contribution in [3.63, 3.8) is 0 Å². The maximum absolute atomic E-state index is 5.46. The van der Waals surface area contributed by atoms with E-state index in [1.807, 2.05) is 13.2 Å². The predicted molar refractivity (Wildman–Crippen MR) is 74.0 cm³/mol. The van der Waals surface area contributed by atoms with E-state index in [1.54, 1.807) is 35.5 Å². The highest BCUT2D eigenvalue weighted by molar-refractivity contribution is 5.60. The van der Waals surface area contributed by atoms with Crippen molar-refractivity contribution >= 4 is 17.6 Å². The van der Waals surface area contributed by atoms with Gasteiger partial charge in [-0.1, -0.05) is 0 Å². The molecular formula is C12H12N8. The summed E-state index contributed by atoms with van der Waals surface area (Å²) in [4.78, 5) is 16.4. The molecule has 0 amide bonds. The summed E-state index contributed by atoms with van der Waals surface area (Å²) in [6.07, 6.45) is 8.44. The highest BCUT2D eigenvalue weighted by atomic mass is 15.3. The van der Waals surface area contributed by atoms with E-state index in [9.17, 15) is 0 Å². The fraction of sp³-hybridized carbons (Fsp3) is 0.0833. The Labute approximate surface area is 114 Å². The second-order valence-corrected chi connectivity index (χ2v) is 4.12. The van der Waals surface area contributed by atoms with Gasteiger partial charge in [-0.05, 0) is 6.07 Å². The van der Waals surface area contributed by atoms with E-state index in [4.69, 9.17) is 5.73 Å². The lowest BCUT2D eigenvalue weighted by Gasteiger charge is -2.04. The van der Waals surface area contributed by atoms with Gasteiger partial charge in [-0.25, -0.2) is 19.9 Å². The maximum atomic E-state index is 5.46. The van der Waals surface area contributed by atoms with Crippen LogP contribution in [0.1, 0.15) is 0 Å². The minimum atomic E-state index is 0.233. The molecule has 0 unspecified atom stereocenters. The Morgan fingerprint density at radius 3 is 2.65 bits per heavy atom. The maximum Gasteiger partial charge on any atom is 0.227 e. The van der Waals surface area contributed by atoms with Gasteiger partial charge < -0.3 is 11.1 Å². The second kappa shape index (κ2) is 4.92. The van der Waals surface area contributed by atoms with Gasteiger partial charge in [-0.2, -0.15) is 5.10 Å². The number of hydrogen-bond acceptors (Lipinski definition) is 7. The molecule has 20 heavy (non-hydrogen) atoms. The summed E-state index contributed by atoms with van der Waals surface area (Å²) < 4.78 is 1.69. The molecule has 8 heteroatoms. The molecule has 3 heterocycles. The van der Waals surface area contributed by atoms with Gasteiger partial charge in [0.2, 0.25) is 11.9 Å². The summed E-state index contributed by atoms with van der Waals surface area (Å²) in [6, 6.07) is 1.78. The first-order chi connectivity index (χ1) is 9.70. The van der Waals surface area contributed by atoms with Crippen LogP contribution in [0.4, 0.5) is 17.6 Å². The fourth-order valence-corrected chi connectivity index (χ4v) is 1.66. The van der Waals surface area contributed by atoms with Crippen LogP contribution in [-0.4, -0.2) is 29.7 Å². The number of anilines is 3. The highest BCUT2D eigenvalue weighted by Gasteiger charge is 2.04. The monoisotopic (exact) mass is 268 g/mol. The number of nitrogens with zero attached hydrogens (tertiary/aromatic N) is 6. The summed E-state index contributed by atoms with van der Waals surface area (Å²) >= 11 is 0. The van der Waals surface area contributed by atoms with E-state index in [0.717, 1.165) is 11.3 Å². The fourth-order valence-electron chi connectivity index (χ4n) is 1.66. The van der Waals surface area contributed by atoms with Crippen molar-refractivity contribution < 1.29 is 0 Å². The molecule has 0 saturated heterocycles. The Balaban J connectivity index is 1.87. The van der Waals surface area contributed by atoms with E-state index in [1.165, 1.54) is 0 Å². The molecule has 3 rings (SSSR count). The second-order valence-electron chi connectivity index (χ2n) is 4.12. The van der Waals surface area contributed by atoms with E-state index in [0.29, 0.717) is 11.6 Å². The number of aromatic nitrogens is 6. The summed E-state index contributed by atoms with van der Waals surface area (Å²) in [5.41, 5.74) is 7.77. The molecular weight excluding hydrogens is 256 g/mol. The lowest BCUT2D eigenvalue weighted by Crippen LogP contribution is -1.98. The Morgan fingerprint density at radius 2 is 1.95 bits per heavy atom. The van der Waals surface area contributed by atoms with Gasteiger partial charge in [-0.3, -0.25) is 4.68 Å². The molecule has 0 spiro atoms. The van der Waals surface area contributed by atoms with Crippen molar-refractivity contribution in [1.82, 2.24) is 29.7 Å². The molecule has 0 saturated carbocycles. The van der Waals surface area contributed by atoms with Crippen molar-refractivity contribution in [3.05, 3.63) is 37.1 Å². The van der Waals surface area contributed by atoms with Crippen LogP contribution in [-0.2, 0) is 7.05 Å². The number of nitrogens with one attached hydrogen (secondary N) is 1. The number of rotatable bonds is 3. The lowest BCUT2D eigenvalue weighted by molar-refractivity contribution is 0.768. The summed E-state index contributed by atoms with van der Waals surface area (Å²) in [5.74, 6) is 0.712. The SMILES string of the molecule is Cn1cc(Nc2nccc(-c3cnc(N)nc3)n2)cn1. The molecule has 0 fully saturated rings. The van der Waals surface area contributed by atoms with Gasteiger partial charge in [0.25, 0.3) is 0 Å². The van der Waals surface area contributed by atoms with Crippen molar-refractivity contribution in [2.24, 2.45) is 7.05 Å². The zero-order valence-corrected chi connectivity index (χ0v) is 10.7. The minimum absolute atomic E-state index is 0.233. The third kappa shape index (κ3) is 2.53.